The molecule has 0 radical (unpaired) electrons. The molecule has 1 saturated heterocycles. The molecule has 4 nitrogen and oxygen atoms in total. The van der Waals surface area contributed by atoms with Crippen LogP contribution in [0.4, 0.5) is 0 Å². The fraction of sp³-hybridized carbons (Fsp3) is 0.467. The molecule has 100 valence electrons. The molecule has 2 heterocycles. The number of aromatic nitrogens is 2. The second-order valence-electron chi connectivity index (χ2n) is 4.97. The highest BCUT2D eigenvalue weighted by Crippen LogP contribution is 2.12. The van der Waals surface area contributed by atoms with Gasteiger partial charge in [-0.2, -0.15) is 0 Å². The molecule has 1 aromatic heterocycles. The molecule has 1 aliphatic heterocycles. The maximum Gasteiger partial charge on any atom is 0.0890 e. The highest BCUT2D eigenvalue weighted by Gasteiger charge is 2.12. The van der Waals surface area contributed by atoms with Crippen molar-refractivity contribution in [2.75, 3.05) is 13.2 Å². The van der Waals surface area contributed by atoms with Crippen LogP contribution in [0.15, 0.2) is 30.5 Å². The largest absolute Gasteiger partial charge is 0.377 e. The van der Waals surface area contributed by atoms with Crippen LogP contribution in [0, 0.1) is 0 Å². The van der Waals surface area contributed by atoms with Crippen molar-refractivity contribution in [2.45, 2.75) is 31.9 Å². The lowest BCUT2D eigenvalue weighted by Gasteiger charge is -2.22. The number of hydrogen-bond acceptors (Lipinski definition) is 4. The van der Waals surface area contributed by atoms with Crippen molar-refractivity contribution in [1.29, 1.82) is 0 Å². The van der Waals surface area contributed by atoms with E-state index in [1.165, 1.54) is 12.8 Å². The molecular weight excluding hydrogens is 238 g/mol. The minimum atomic E-state index is 0.363. The molecule has 0 saturated carbocycles. The summed E-state index contributed by atoms with van der Waals surface area (Å²) in [4.78, 5) is 9.00. The Hall–Kier alpha value is -1.52. The average Bonchev–Trinajstić information content (AvgIpc) is 2.48. The summed E-state index contributed by atoms with van der Waals surface area (Å²) in [6.07, 6.45) is 5.85. The molecule has 1 aliphatic rings. The Morgan fingerprint density at radius 1 is 1.21 bits per heavy atom. The van der Waals surface area contributed by atoms with Gasteiger partial charge >= 0.3 is 0 Å². The highest BCUT2D eigenvalue weighted by molar-refractivity contribution is 5.73. The Bertz CT molecular complexity index is 538. The van der Waals surface area contributed by atoms with E-state index in [0.29, 0.717) is 6.10 Å². The zero-order chi connectivity index (χ0) is 12.9. The number of nitrogens with zero attached hydrogens (tertiary/aromatic N) is 2. The van der Waals surface area contributed by atoms with Crippen molar-refractivity contribution >= 4 is 11.0 Å². The average molecular weight is 257 g/mol. The molecule has 19 heavy (non-hydrogen) atoms. The lowest BCUT2D eigenvalue weighted by Crippen LogP contribution is -2.31. The predicted molar refractivity (Wildman–Crippen MR) is 74.8 cm³/mol. The quantitative estimate of drug-likeness (QED) is 0.913. The van der Waals surface area contributed by atoms with Gasteiger partial charge in [0.05, 0.1) is 29.0 Å². The van der Waals surface area contributed by atoms with Crippen LogP contribution in [0.1, 0.15) is 25.0 Å². The highest BCUT2D eigenvalue weighted by atomic mass is 16.5. The van der Waals surface area contributed by atoms with Gasteiger partial charge in [0.1, 0.15) is 0 Å². The fourth-order valence-corrected chi connectivity index (χ4v) is 2.41. The number of para-hydroxylation sites is 2. The summed E-state index contributed by atoms with van der Waals surface area (Å²) in [5.41, 5.74) is 2.88. The first-order valence-corrected chi connectivity index (χ1v) is 6.95. The smallest absolute Gasteiger partial charge is 0.0890 e. The molecule has 1 aromatic carbocycles. The van der Waals surface area contributed by atoms with E-state index < -0.39 is 0 Å². The monoisotopic (exact) mass is 257 g/mol. The minimum absolute atomic E-state index is 0.363. The Kier molecular flexibility index (Phi) is 4.01. The number of hydrogen-bond donors (Lipinski definition) is 1. The van der Waals surface area contributed by atoms with Gasteiger partial charge in [-0.05, 0) is 31.4 Å². The lowest BCUT2D eigenvalue weighted by molar-refractivity contribution is 0.0167. The standard InChI is InChI=1S/C15H19N3O/c1-2-7-15-14(6-1)17-10-12(18-15)9-16-11-13-5-3-4-8-19-13/h1-2,6-7,10,13,16H,3-5,8-9,11H2. The summed E-state index contributed by atoms with van der Waals surface area (Å²) in [7, 11) is 0. The molecule has 0 bridgehead atoms. The van der Waals surface area contributed by atoms with Crippen LogP contribution >= 0.6 is 0 Å². The Balaban J connectivity index is 1.56. The molecular formula is C15H19N3O. The molecule has 1 fully saturated rings. The van der Waals surface area contributed by atoms with E-state index in [0.717, 1.165) is 42.8 Å². The SMILES string of the molecule is c1ccc2nc(CNCC3CCCCO3)cnc2c1. The van der Waals surface area contributed by atoms with Gasteiger partial charge < -0.3 is 10.1 Å². The topological polar surface area (TPSA) is 47.0 Å². The van der Waals surface area contributed by atoms with Crippen LogP contribution in [0.2, 0.25) is 0 Å². The van der Waals surface area contributed by atoms with E-state index in [4.69, 9.17) is 4.74 Å². The molecule has 0 spiro atoms. The van der Waals surface area contributed by atoms with Crippen LogP contribution in [-0.4, -0.2) is 29.2 Å². The predicted octanol–water partition coefficient (Wildman–Crippen LogP) is 2.29. The van der Waals surface area contributed by atoms with E-state index in [9.17, 15) is 0 Å². The Labute approximate surface area is 113 Å². The van der Waals surface area contributed by atoms with Crippen LogP contribution < -0.4 is 5.32 Å². The van der Waals surface area contributed by atoms with E-state index in [2.05, 4.69) is 15.3 Å². The van der Waals surface area contributed by atoms with E-state index in [1.54, 1.807) is 0 Å². The lowest BCUT2D eigenvalue weighted by atomic mass is 10.1. The molecule has 1 unspecified atom stereocenters. The number of rotatable bonds is 4. The molecule has 0 aliphatic carbocycles. The van der Waals surface area contributed by atoms with Gasteiger partial charge in [0.25, 0.3) is 0 Å². The van der Waals surface area contributed by atoms with E-state index >= 15 is 0 Å². The molecule has 3 rings (SSSR count). The van der Waals surface area contributed by atoms with Gasteiger partial charge in [0, 0.05) is 19.7 Å². The van der Waals surface area contributed by atoms with Crippen molar-refractivity contribution in [1.82, 2.24) is 15.3 Å². The Morgan fingerprint density at radius 3 is 2.95 bits per heavy atom. The summed E-state index contributed by atoms with van der Waals surface area (Å²) in [5.74, 6) is 0. The summed E-state index contributed by atoms with van der Waals surface area (Å²) < 4.78 is 5.69. The summed E-state index contributed by atoms with van der Waals surface area (Å²) in [6, 6.07) is 7.95. The van der Waals surface area contributed by atoms with Crippen LogP contribution in [0.3, 0.4) is 0 Å². The maximum absolute atomic E-state index is 5.69. The molecule has 1 N–H and O–H groups in total. The zero-order valence-corrected chi connectivity index (χ0v) is 11.0. The van der Waals surface area contributed by atoms with Crippen molar-refractivity contribution in [3.63, 3.8) is 0 Å². The third-order valence-electron chi connectivity index (χ3n) is 3.45. The molecule has 2 aromatic rings. The van der Waals surface area contributed by atoms with Gasteiger partial charge in [-0.1, -0.05) is 12.1 Å². The van der Waals surface area contributed by atoms with Gasteiger partial charge in [0.15, 0.2) is 0 Å². The van der Waals surface area contributed by atoms with E-state index in [1.807, 2.05) is 30.5 Å². The second kappa shape index (κ2) is 6.08. The number of benzene rings is 1. The molecule has 4 heteroatoms. The van der Waals surface area contributed by atoms with Crippen molar-refractivity contribution in [2.24, 2.45) is 0 Å². The van der Waals surface area contributed by atoms with Gasteiger partial charge in [0.2, 0.25) is 0 Å². The summed E-state index contributed by atoms with van der Waals surface area (Å²) >= 11 is 0. The molecule has 0 amide bonds. The number of ether oxygens (including phenoxy) is 1. The third kappa shape index (κ3) is 3.28. The third-order valence-corrected chi connectivity index (χ3v) is 3.45. The first kappa shape index (κ1) is 12.5. The van der Waals surface area contributed by atoms with Crippen molar-refractivity contribution in [3.8, 4) is 0 Å². The van der Waals surface area contributed by atoms with Crippen LogP contribution in [0.25, 0.3) is 11.0 Å². The normalized spacial score (nSPS) is 19.7. The minimum Gasteiger partial charge on any atom is -0.377 e. The maximum atomic E-state index is 5.69. The van der Waals surface area contributed by atoms with Gasteiger partial charge in [-0.3, -0.25) is 4.98 Å². The first-order valence-electron chi connectivity index (χ1n) is 6.95. The number of nitrogens with one attached hydrogen (secondary N) is 1. The van der Waals surface area contributed by atoms with Crippen molar-refractivity contribution in [3.05, 3.63) is 36.2 Å². The van der Waals surface area contributed by atoms with E-state index in [-0.39, 0.29) is 0 Å². The zero-order valence-electron chi connectivity index (χ0n) is 11.0. The summed E-state index contributed by atoms with van der Waals surface area (Å²) in [6.45, 7) is 2.55. The summed E-state index contributed by atoms with van der Waals surface area (Å²) in [5, 5.41) is 3.41. The van der Waals surface area contributed by atoms with Gasteiger partial charge in [-0.25, -0.2) is 4.98 Å². The number of fused-ring (bicyclic) bond motifs is 1. The Morgan fingerprint density at radius 2 is 2.11 bits per heavy atom. The van der Waals surface area contributed by atoms with Crippen LogP contribution in [-0.2, 0) is 11.3 Å². The van der Waals surface area contributed by atoms with Gasteiger partial charge in [-0.15, -0.1) is 0 Å². The fourth-order valence-electron chi connectivity index (χ4n) is 2.41. The molecule has 1 atom stereocenters. The van der Waals surface area contributed by atoms with Crippen LogP contribution in [0.5, 0.6) is 0 Å². The second-order valence-corrected chi connectivity index (χ2v) is 4.97. The first-order chi connectivity index (χ1) is 9.42. The van der Waals surface area contributed by atoms with Crippen molar-refractivity contribution < 1.29 is 4.74 Å².